The highest BCUT2D eigenvalue weighted by Gasteiger charge is 2.00. The number of nitrogens with one attached hydrogen (secondary N) is 1. The summed E-state index contributed by atoms with van der Waals surface area (Å²) in [4.78, 5) is 4.19. The van der Waals surface area contributed by atoms with Crippen molar-refractivity contribution in [2.24, 2.45) is 0 Å². The minimum atomic E-state index is 0.613. The molecule has 2 aromatic rings. The molecule has 1 aromatic heterocycles. The predicted molar refractivity (Wildman–Crippen MR) is 68.2 cm³/mol. The molecule has 0 saturated carbocycles. The minimum Gasteiger partial charge on any atom is -0.493 e. The van der Waals surface area contributed by atoms with Crippen LogP contribution in [-0.4, -0.2) is 27.5 Å². The van der Waals surface area contributed by atoms with Crippen LogP contribution in [0.15, 0.2) is 29.4 Å². The minimum absolute atomic E-state index is 0.613. The number of rotatable bonds is 5. The summed E-state index contributed by atoms with van der Waals surface area (Å²) in [5, 5.41) is 7.58. The number of benzene rings is 1. The lowest BCUT2D eigenvalue weighted by molar-refractivity contribution is 0.344. The predicted octanol–water partition coefficient (Wildman–Crippen LogP) is 1.87. The van der Waals surface area contributed by atoms with Gasteiger partial charge in [0.05, 0.1) is 6.61 Å². The molecule has 2 rings (SSSR count). The maximum Gasteiger partial charge on any atom is 0.208 e. The molecule has 0 spiro atoms. The fourth-order valence-corrected chi connectivity index (χ4v) is 1.90. The molecule has 0 unspecified atom stereocenters. The Labute approximate surface area is 104 Å². The molecule has 6 heteroatoms. The molecule has 1 heterocycles. The summed E-state index contributed by atoms with van der Waals surface area (Å²) >= 11 is 1.56. The van der Waals surface area contributed by atoms with E-state index in [0.717, 1.165) is 28.2 Å². The number of aromatic amines is 1. The zero-order chi connectivity index (χ0) is 12.1. The molecule has 1 aromatic carbocycles. The topological polar surface area (TPSA) is 76.8 Å². The van der Waals surface area contributed by atoms with Gasteiger partial charge in [0, 0.05) is 11.4 Å². The number of nitrogens with zero attached hydrogens (tertiary/aromatic N) is 2. The summed E-state index contributed by atoms with van der Waals surface area (Å²) < 4.78 is 5.55. The average Bonchev–Trinajstić information content (AvgIpc) is 2.73. The maximum atomic E-state index is 5.58. The number of nitrogen functional groups attached to an aromatic ring is 1. The number of nitrogens with two attached hydrogens (primary N) is 1. The fraction of sp³-hybridized carbons (Fsp3) is 0.273. The second kappa shape index (κ2) is 5.58. The third-order valence-electron chi connectivity index (χ3n) is 2.04. The molecule has 17 heavy (non-hydrogen) atoms. The number of hydrogen-bond acceptors (Lipinski definition) is 5. The van der Waals surface area contributed by atoms with Gasteiger partial charge in [0.1, 0.15) is 11.6 Å². The summed E-state index contributed by atoms with van der Waals surface area (Å²) in [5.41, 5.74) is 6.32. The highest BCUT2D eigenvalue weighted by atomic mass is 32.2. The molecule has 0 radical (unpaired) electrons. The van der Waals surface area contributed by atoms with Gasteiger partial charge in [-0.3, -0.25) is 5.10 Å². The van der Waals surface area contributed by atoms with E-state index >= 15 is 0 Å². The van der Waals surface area contributed by atoms with Gasteiger partial charge in [-0.25, -0.2) is 4.98 Å². The Morgan fingerprint density at radius 1 is 1.35 bits per heavy atom. The summed E-state index contributed by atoms with van der Waals surface area (Å²) in [5.74, 6) is 2.46. The van der Waals surface area contributed by atoms with E-state index in [0.29, 0.717) is 6.61 Å². The molecule has 5 nitrogen and oxygen atoms in total. The van der Waals surface area contributed by atoms with E-state index in [1.807, 2.05) is 31.2 Å². The van der Waals surface area contributed by atoms with Gasteiger partial charge < -0.3 is 10.5 Å². The van der Waals surface area contributed by atoms with Crippen LogP contribution in [0, 0.1) is 6.92 Å². The van der Waals surface area contributed by atoms with Crippen LogP contribution in [0.1, 0.15) is 5.82 Å². The molecule has 3 N–H and O–H groups in total. The number of aromatic nitrogens is 3. The number of thioether (sulfide) groups is 1. The van der Waals surface area contributed by atoms with Crippen LogP contribution in [0.25, 0.3) is 0 Å². The molecule has 0 bridgehead atoms. The largest absolute Gasteiger partial charge is 0.493 e. The Balaban J connectivity index is 1.71. The van der Waals surface area contributed by atoms with E-state index < -0.39 is 0 Å². The van der Waals surface area contributed by atoms with Crippen LogP contribution in [0.3, 0.4) is 0 Å². The summed E-state index contributed by atoms with van der Waals surface area (Å²) in [7, 11) is 0. The Morgan fingerprint density at radius 2 is 2.12 bits per heavy atom. The van der Waals surface area contributed by atoms with Gasteiger partial charge in [0.25, 0.3) is 0 Å². The van der Waals surface area contributed by atoms with Crippen LogP contribution in [0.2, 0.25) is 0 Å². The van der Waals surface area contributed by atoms with Gasteiger partial charge in [-0.2, -0.15) is 0 Å². The molecule has 0 atom stereocenters. The molecular weight excluding hydrogens is 236 g/mol. The SMILES string of the molecule is Cc1nc(SCCOc2ccc(N)cc2)n[nH]1. The second-order valence-corrected chi connectivity index (χ2v) is 4.53. The first-order valence-corrected chi connectivity index (χ1v) is 6.23. The number of ether oxygens (including phenoxy) is 1. The van der Waals surface area contributed by atoms with Gasteiger partial charge in [-0.15, -0.1) is 5.10 Å². The summed E-state index contributed by atoms with van der Waals surface area (Å²) in [6.07, 6.45) is 0. The summed E-state index contributed by atoms with van der Waals surface area (Å²) in [6.45, 7) is 2.49. The van der Waals surface area contributed by atoms with Crippen molar-refractivity contribution in [3.8, 4) is 5.75 Å². The number of H-pyrrole nitrogens is 1. The Bertz CT molecular complexity index is 469. The van der Waals surface area contributed by atoms with Crippen molar-refractivity contribution in [3.63, 3.8) is 0 Å². The normalized spacial score (nSPS) is 10.4. The van der Waals surface area contributed by atoms with Crippen LogP contribution >= 0.6 is 11.8 Å². The molecule has 0 aliphatic carbocycles. The average molecular weight is 250 g/mol. The molecular formula is C11H14N4OS. The van der Waals surface area contributed by atoms with E-state index in [2.05, 4.69) is 15.2 Å². The van der Waals surface area contributed by atoms with E-state index in [1.165, 1.54) is 0 Å². The first-order valence-electron chi connectivity index (χ1n) is 5.24. The number of hydrogen-bond donors (Lipinski definition) is 2. The monoisotopic (exact) mass is 250 g/mol. The first-order chi connectivity index (χ1) is 8.24. The van der Waals surface area contributed by atoms with Crippen molar-refractivity contribution in [1.82, 2.24) is 15.2 Å². The van der Waals surface area contributed by atoms with Crippen LogP contribution < -0.4 is 10.5 Å². The second-order valence-electron chi connectivity index (χ2n) is 3.47. The zero-order valence-electron chi connectivity index (χ0n) is 9.51. The number of anilines is 1. The van der Waals surface area contributed by atoms with Crippen molar-refractivity contribution < 1.29 is 4.74 Å². The van der Waals surface area contributed by atoms with Gasteiger partial charge in [0.15, 0.2) is 0 Å². The lowest BCUT2D eigenvalue weighted by atomic mass is 10.3. The first kappa shape index (κ1) is 11.8. The highest BCUT2D eigenvalue weighted by Crippen LogP contribution is 2.15. The molecule has 0 aliphatic heterocycles. The van der Waals surface area contributed by atoms with Gasteiger partial charge in [-0.1, -0.05) is 11.8 Å². The molecule has 0 fully saturated rings. The maximum absolute atomic E-state index is 5.58. The van der Waals surface area contributed by atoms with Gasteiger partial charge >= 0.3 is 0 Å². The number of aryl methyl sites for hydroxylation is 1. The van der Waals surface area contributed by atoms with Gasteiger partial charge in [-0.05, 0) is 31.2 Å². The molecule has 0 aliphatic rings. The fourth-order valence-electron chi connectivity index (χ4n) is 1.24. The standard InChI is InChI=1S/C11H14N4OS/c1-8-13-11(15-14-8)17-7-6-16-10-4-2-9(12)3-5-10/h2-5H,6-7,12H2,1H3,(H,13,14,15). The Morgan fingerprint density at radius 3 is 2.76 bits per heavy atom. The zero-order valence-corrected chi connectivity index (χ0v) is 10.3. The third kappa shape index (κ3) is 3.67. The van der Waals surface area contributed by atoms with Crippen molar-refractivity contribution in [1.29, 1.82) is 0 Å². The highest BCUT2D eigenvalue weighted by molar-refractivity contribution is 7.99. The van der Waals surface area contributed by atoms with E-state index in [1.54, 1.807) is 11.8 Å². The Kier molecular flexibility index (Phi) is 3.87. The Hall–Kier alpha value is -1.69. The van der Waals surface area contributed by atoms with Crippen LogP contribution in [0.5, 0.6) is 5.75 Å². The summed E-state index contributed by atoms with van der Waals surface area (Å²) in [6, 6.07) is 7.36. The molecule has 90 valence electrons. The quantitative estimate of drug-likeness (QED) is 0.481. The van der Waals surface area contributed by atoms with E-state index in [4.69, 9.17) is 10.5 Å². The van der Waals surface area contributed by atoms with Crippen LogP contribution in [-0.2, 0) is 0 Å². The van der Waals surface area contributed by atoms with Crippen molar-refractivity contribution in [2.75, 3.05) is 18.1 Å². The molecule has 0 saturated heterocycles. The van der Waals surface area contributed by atoms with E-state index in [-0.39, 0.29) is 0 Å². The lowest BCUT2D eigenvalue weighted by Gasteiger charge is -2.04. The van der Waals surface area contributed by atoms with Gasteiger partial charge in [0.2, 0.25) is 5.16 Å². The van der Waals surface area contributed by atoms with Crippen LogP contribution in [0.4, 0.5) is 5.69 Å². The van der Waals surface area contributed by atoms with Crippen molar-refractivity contribution in [3.05, 3.63) is 30.1 Å². The smallest absolute Gasteiger partial charge is 0.208 e. The molecule has 0 amide bonds. The third-order valence-corrected chi connectivity index (χ3v) is 2.85. The van der Waals surface area contributed by atoms with E-state index in [9.17, 15) is 0 Å². The van der Waals surface area contributed by atoms with Crippen molar-refractivity contribution >= 4 is 17.4 Å². The lowest BCUT2D eigenvalue weighted by Crippen LogP contribution is -2.00. The van der Waals surface area contributed by atoms with Crippen molar-refractivity contribution in [2.45, 2.75) is 12.1 Å².